The van der Waals surface area contributed by atoms with Crippen LogP contribution in [0.3, 0.4) is 0 Å². The van der Waals surface area contributed by atoms with Gasteiger partial charge in [0, 0.05) is 17.8 Å². The highest BCUT2D eigenvalue weighted by atomic mass is 16.2. The molecule has 4 N–H and O–H groups in total. The number of carbonyl (C=O) groups excluding carboxylic acids is 2. The lowest BCUT2D eigenvalue weighted by atomic mass is 10.1. The van der Waals surface area contributed by atoms with E-state index in [2.05, 4.69) is 10.6 Å². The van der Waals surface area contributed by atoms with Crippen LogP contribution in [0.1, 0.15) is 28.8 Å². The molecule has 0 atom stereocenters. The Labute approximate surface area is 131 Å². The average Bonchev–Trinajstić information content (AvgIpc) is 3.24. The number of nitrogens with one attached hydrogen (secondary N) is 2. The van der Waals surface area contributed by atoms with Crippen molar-refractivity contribution in [2.45, 2.75) is 19.4 Å². The summed E-state index contributed by atoms with van der Waals surface area (Å²) < 4.78 is 0. The molecule has 1 saturated carbocycles. The van der Waals surface area contributed by atoms with Gasteiger partial charge < -0.3 is 21.3 Å². The third kappa shape index (κ3) is 5.13. The van der Waals surface area contributed by atoms with Crippen molar-refractivity contribution >= 4 is 17.5 Å². The fourth-order valence-corrected chi connectivity index (χ4v) is 2.23. The van der Waals surface area contributed by atoms with Crippen molar-refractivity contribution in [1.82, 2.24) is 10.2 Å². The molecule has 0 aromatic heterocycles. The minimum Gasteiger partial charge on any atom is -0.366 e. The van der Waals surface area contributed by atoms with Crippen molar-refractivity contribution < 1.29 is 9.59 Å². The topological polar surface area (TPSA) is 87.5 Å². The number of benzene rings is 1. The Balaban J connectivity index is 2.02. The van der Waals surface area contributed by atoms with Crippen molar-refractivity contribution in [3.8, 4) is 0 Å². The predicted octanol–water partition coefficient (Wildman–Crippen LogP) is 0.785. The molecule has 6 heteroatoms. The van der Waals surface area contributed by atoms with Crippen molar-refractivity contribution in [3.05, 3.63) is 29.3 Å². The summed E-state index contributed by atoms with van der Waals surface area (Å²) in [5.74, 6) is 0.122. The second-order valence-corrected chi connectivity index (χ2v) is 6.10. The van der Waals surface area contributed by atoms with Crippen LogP contribution in [0, 0.1) is 5.92 Å². The number of rotatable bonds is 8. The summed E-state index contributed by atoms with van der Waals surface area (Å²) >= 11 is 0. The molecule has 22 heavy (non-hydrogen) atoms. The summed E-state index contributed by atoms with van der Waals surface area (Å²) in [7, 11) is 3.90. The Bertz CT molecular complexity index is 553. The zero-order valence-electron chi connectivity index (χ0n) is 13.2. The number of hydrogen-bond donors (Lipinski definition) is 3. The molecule has 1 aliphatic carbocycles. The van der Waals surface area contributed by atoms with Gasteiger partial charge in [-0.25, -0.2) is 0 Å². The molecule has 0 aliphatic heterocycles. The maximum absolute atomic E-state index is 12.0. The zero-order chi connectivity index (χ0) is 16.1. The Kier molecular flexibility index (Phi) is 5.51. The number of carbonyl (C=O) groups is 2. The lowest BCUT2D eigenvalue weighted by molar-refractivity contribution is -0.115. The van der Waals surface area contributed by atoms with E-state index in [1.54, 1.807) is 12.1 Å². The van der Waals surface area contributed by atoms with E-state index in [0.29, 0.717) is 17.8 Å². The van der Waals surface area contributed by atoms with E-state index in [9.17, 15) is 9.59 Å². The van der Waals surface area contributed by atoms with Gasteiger partial charge >= 0.3 is 0 Å². The first kappa shape index (κ1) is 16.5. The highest BCUT2D eigenvalue weighted by Crippen LogP contribution is 2.27. The van der Waals surface area contributed by atoms with Crippen LogP contribution in [0.15, 0.2) is 18.2 Å². The van der Waals surface area contributed by atoms with Crippen molar-refractivity contribution in [3.63, 3.8) is 0 Å². The van der Waals surface area contributed by atoms with Gasteiger partial charge in [0.15, 0.2) is 0 Å². The SMILES string of the molecule is CN(C)Cc1ccc(C(N)=O)cc1NC(=O)CNCC1CC1. The molecule has 0 spiro atoms. The van der Waals surface area contributed by atoms with Gasteiger partial charge in [0.25, 0.3) is 0 Å². The lowest BCUT2D eigenvalue weighted by Crippen LogP contribution is -2.30. The Morgan fingerprint density at radius 1 is 1.32 bits per heavy atom. The third-order valence-corrected chi connectivity index (χ3v) is 3.57. The summed E-state index contributed by atoms with van der Waals surface area (Å²) in [5, 5.41) is 6.02. The molecule has 1 fully saturated rings. The molecule has 0 unspecified atom stereocenters. The maximum Gasteiger partial charge on any atom is 0.248 e. The Morgan fingerprint density at radius 3 is 2.64 bits per heavy atom. The monoisotopic (exact) mass is 304 g/mol. The van der Waals surface area contributed by atoms with E-state index < -0.39 is 5.91 Å². The first-order chi connectivity index (χ1) is 10.5. The van der Waals surface area contributed by atoms with Crippen LogP contribution in [0.4, 0.5) is 5.69 Å². The fourth-order valence-electron chi connectivity index (χ4n) is 2.23. The molecule has 0 saturated heterocycles. The van der Waals surface area contributed by atoms with E-state index in [1.807, 2.05) is 25.1 Å². The molecule has 0 bridgehead atoms. The quantitative estimate of drug-likeness (QED) is 0.662. The highest BCUT2D eigenvalue weighted by molar-refractivity contribution is 5.97. The van der Waals surface area contributed by atoms with Crippen LogP contribution in [0.2, 0.25) is 0 Å². The highest BCUT2D eigenvalue weighted by Gasteiger charge is 2.20. The summed E-state index contributed by atoms with van der Waals surface area (Å²) in [4.78, 5) is 25.3. The van der Waals surface area contributed by atoms with Crippen LogP contribution < -0.4 is 16.4 Å². The van der Waals surface area contributed by atoms with Crippen molar-refractivity contribution in [1.29, 1.82) is 0 Å². The number of nitrogens with two attached hydrogens (primary N) is 1. The van der Waals surface area contributed by atoms with E-state index in [4.69, 9.17) is 5.73 Å². The molecular formula is C16H24N4O2. The van der Waals surface area contributed by atoms with Crippen LogP contribution in [0.5, 0.6) is 0 Å². The lowest BCUT2D eigenvalue weighted by Gasteiger charge is -2.16. The normalized spacial score (nSPS) is 14.1. The van der Waals surface area contributed by atoms with Gasteiger partial charge in [-0.1, -0.05) is 6.07 Å². The smallest absolute Gasteiger partial charge is 0.248 e. The van der Waals surface area contributed by atoms with E-state index in [1.165, 1.54) is 12.8 Å². The molecule has 1 aromatic rings. The molecule has 120 valence electrons. The molecular weight excluding hydrogens is 280 g/mol. The fraction of sp³-hybridized carbons (Fsp3) is 0.500. The summed E-state index contributed by atoms with van der Waals surface area (Å²) in [5.41, 5.74) is 7.29. The zero-order valence-corrected chi connectivity index (χ0v) is 13.2. The van der Waals surface area contributed by atoms with Gasteiger partial charge in [-0.05, 0) is 57.1 Å². The van der Waals surface area contributed by atoms with Crippen LogP contribution >= 0.6 is 0 Å². The van der Waals surface area contributed by atoms with E-state index in [0.717, 1.165) is 18.0 Å². The second kappa shape index (κ2) is 7.38. The van der Waals surface area contributed by atoms with Gasteiger partial charge in [-0.2, -0.15) is 0 Å². The molecule has 6 nitrogen and oxygen atoms in total. The van der Waals surface area contributed by atoms with Gasteiger partial charge in [0.05, 0.1) is 6.54 Å². The van der Waals surface area contributed by atoms with Crippen LogP contribution in [0.25, 0.3) is 0 Å². The van der Waals surface area contributed by atoms with Crippen LogP contribution in [-0.4, -0.2) is 43.9 Å². The molecule has 0 radical (unpaired) electrons. The minimum atomic E-state index is -0.501. The summed E-state index contributed by atoms with van der Waals surface area (Å²) in [6, 6.07) is 5.15. The number of primary amides is 1. The first-order valence-electron chi connectivity index (χ1n) is 7.53. The van der Waals surface area contributed by atoms with Gasteiger partial charge in [0.2, 0.25) is 11.8 Å². The standard InChI is InChI=1S/C16H24N4O2/c1-20(2)10-13-6-5-12(16(17)22)7-14(13)19-15(21)9-18-8-11-3-4-11/h5-7,11,18H,3-4,8-10H2,1-2H3,(H2,17,22)(H,19,21). The minimum absolute atomic E-state index is 0.109. The number of anilines is 1. The summed E-state index contributed by atoms with van der Waals surface area (Å²) in [6.07, 6.45) is 2.50. The maximum atomic E-state index is 12.0. The molecule has 2 rings (SSSR count). The molecule has 1 aromatic carbocycles. The molecule has 1 aliphatic rings. The van der Waals surface area contributed by atoms with Gasteiger partial charge in [-0.3, -0.25) is 9.59 Å². The van der Waals surface area contributed by atoms with Crippen molar-refractivity contribution in [2.75, 3.05) is 32.5 Å². The van der Waals surface area contributed by atoms with Gasteiger partial charge in [0.1, 0.15) is 0 Å². The predicted molar refractivity (Wildman–Crippen MR) is 86.6 cm³/mol. The van der Waals surface area contributed by atoms with E-state index in [-0.39, 0.29) is 12.5 Å². The first-order valence-corrected chi connectivity index (χ1v) is 7.53. The largest absolute Gasteiger partial charge is 0.366 e. The van der Waals surface area contributed by atoms with Crippen LogP contribution in [-0.2, 0) is 11.3 Å². The average molecular weight is 304 g/mol. The molecule has 0 heterocycles. The van der Waals surface area contributed by atoms with Crippen molar-refractivity contribution in [2.24, 2.45) is 11.7 Å². The Hall–Kier alpha value is -1.92. The number of amides is 2. The Morgan fingerprint density at radius 2 is 2.05 bits per heavy atom. The number of nitrogens with zero attached hydrogens (tertiary/aromatic N) is 1. The second-order valence-electron chi connectivity index (χ2n) is 6.10. The van der Waals surface area contributed by atoms with E-state index >= 15 is 0 Å². The van der Waals surface area contributed by atoms with Gasteiger partial charge in [-0.15, -0.1) is 0 Å². The summed E-state index contributed by atoms with van der Waals surface area (Å²) in [6.45, 7) is 1.84. The molecule has 2 amide bonds. The third-order valence-electron chi connectivity index (χ3n) is 3.57. The number of hydrogen-bond acceptors (Lipinski definition) is 4.